The van der Waals surface area contributed by atoms with E-state index in [2.05, 4.69) is 137 Å². The molecule has 0 aliphatic carbocycles. The highest BCUT2D eigenvalue weighted by atomic mass is 31.2. The molecule has 19 heteroatoms. The van der Waals surface area contributed by atoms with Gasteiger partial charge in [0.05, 0.1) is 26.4 Å². The molecule has 0 heterocycles. The molecule has 0 aromatic heterocycles. The lowest BCUT2D eigenvalue weighted by molar-refractivity contribution is -0.161. The standard InChI is InChI=1S/C85H144O17P2/c1-5-9-13-17-21-25-29-33-37-39-43-46-50-54-58-62-66-70-83(88)96-76-81(102-85(90)72-68-64-60-56-52-48-44-40-38-34-30-26-22-18-14-10-6-2)78-100-104(93,94)98-74-79(86)73-97-103(91,92)99-77-80(101-84(89)71-67-63-59-55-51-47-42-36-32-28-24-20-16-12-8-4)75-95-82(87)69-65-61-57-53-49-45-41-35-31-27-23-19-15-11-7-3/h21,23-25,27-28,33-38,41-44,46,48,54,56,58,60,79-81,86H,5-20,22,26,29-32,39-40,45,47,49-53,55,57,59,61-78H2,1-4H3,(H,91,92)(H,93,94). The number of esters is 4. The third-order valence-corrected chi connectivity index (χ3v) is 18.5. The lowest BCUT2D eigenvalue weighted by atomic mass is 10.1. The highest BCUT2D eigenvalue weighted by Gasteiger charge is 2.30. The number of carbonyl (C=O) groups is 4. The van der Waals surface area contributed by atoms with Crippen LogP contribution in [0.3, 0.4) is 0 Å². The Morgan fingerprint density at radius 3 is 0.788 bits per heavy atom. The first kappa shape index (κ1) is 99.2. The Morgan fingerprint density at radius 1 is 0.269 bits per heavy atom. The van der Waals surface area contributed by atoms with E-state index in [-0.39, 0.29) is 25.7 Å². The third kappa shape index (κ3) is 75.4. The summed E-state index contributed by atoms with van der Waals surface area (Å²) in [6.45, 7) is 4.65. The zero-order chi connectivity index (χ0) is 76.0. The summed E-state index contributed by atoms with van der Waals surface area (Å²) in [5.74, 6) is -2.33. The number of allylic oxidation sites excluding steroid dienone is 22. The number of hydrogen-bond donors (Lipinski definition) is 3. The molecule has 0 amide bonds. The lowest BCUT2D eigenvalue weighted by Crippen LogP contribution is -2.30. The van der Waals surface area contributed by atoms with E-state index in [1.165, 1.54) is 96.3 Å². The Morgan fingerprint density at radius 2 is 0.481 bits per heavy atom. The Kier molecular flexibility index (Phi) is 72.9. The zero-order valence-corrected chi connectivity index (χ0v) is 66.9. The van der Waals surface area contributed by atoms with Gasteiger partial charge in [0.2, 0.25) is 0 Å². The molecule has 3 N–H and O–H groups in total. The van der Waals surface area contributed by atoms with E-state index in [1.807, 2.05) is 24.3 Å². The molecule has 0 aromatic rings. The molecule has 0 saturated heterocycles. The Bertz CT molecular complexity index is 2490. The average Bonchev–Trinajstić information content (AvgIpc) is 0.926. The predicted molar refractivity (Wildman–Crippen MR) is 427 cm³/mol. The van der Waals surface area contributed by atoms with E-state index in [0.29, 0.717) is 38.5 Å². The van der Waals surface area contributed by atoms with E-state index in [1.54, 1.807) is 0 Å². The van der Waals surface area contributed by atoms with Crippen molar-refractivity contribution in [3.8, 4) is 0 Å². The summed E-state index contributed by atoms with van der Waals surface area (Å²) in [6.07, 6.45) is 85.8. The number of hydrogen-bond acceptors (Lipinski definition) is 15. The molecule has 104 heavy (non-hydrogen) atoms. The fourth-order valence-electron chi connectivity index (χ4n) is 10.3. The molecule has 0 aliphatic heterocycles. The third-order valence-electron chi connectivity index (χ3n) is 16.6. The Balaban J connectivity index is 5.49. The minimum Gasteiger partial charge on any atom is -0.462 e. The van der Waals surface area contributed by atoms with Crippen LogP contribution in [0.4, 0.5) is 0 Å². The topological polar surface area (TPSA) is 237 Å². The van der Waals surface area contributed by atoms with Gasteiger partial charge in [-0.15, -0.1) is 0 Å². The minimum absolute atomic E-state index is 0.00838. The van der Waals surface area contributed by atoms with E-state index in [0.717, 1.165) is 135 Å². The second kappa shape index (κ2) is 76.4. The van der Waals surface area contributed by atoms with E-state index in [9.17, 15) is 43.2 Å². The van der Waals surface area contributed by atoms with Crippen LogP contribution in [-0.2, 0) is 65.4 Å². The quantitative estimate of drug-likeness (QED) is 0.0169. The summed E-state index contributed by atoms with van der Waals surface area (Å²) >= 11 is 0. The van der Waals surface area contributed by atoms with Crippen LogP contribution in [0.25, 0.3) is 0 Å². The van der Waals surface area contributed by atoms with Gasteiger partial charge in [-0.25, -0.2) is 9.13 Å². The molecule has 0 spiro atoms. The number of phosphoric acid groups is 2. The summed E-state index contributed by atoms with van der Waals surface area (Å²) < 4.78 is 68.5. The van der Waals surface area contributed by atoms with Gasteiger partial charge < -0.3 is 33.8 Å². The van der Waals surface area contributed by atoms with Crippen LogP contribution in [0.2, 0.25) is 0 Å². The first-order chi connectivity index (χ1) is 50.7. The van der Waals surface area contributed by atoms with Gasteiger partial charge in [-0.1, -0.05) is 271 Å². The average molecular weight is 1500 g/mol. The number of phosphoric ester groups is 2. The second-order valence-corrected chi connectivity index (χ2v) is 29.5. The maximum Gasteiger partial charge on any atom is 0.472 e. The van der Waals surface area contributed by atoms with E-state index < -0.39 is 97.5 Å². The number of rotatable bonds is 75. The molecule has 0 fully saturated rings. The number of aliphatic hydroxyl groups excluding tert-OH is 1. The molecule has 0 saturated carbocycles. The first-order valence-corrected chi connectivity index (χ1v) is 43.4. The molecule has 596 valence electrons. The molecule has 0 radical (unpaired) electrons. The molecule has 0 aromatic carbocycles. The minimum atomic E-state index is -5.01. The van der Waals surface area contributed by atoms with Crippen LogP contribution in [0.1, 0.15) is 323 Å². The van der Waals surface area contributed by atoms with Gasteiger partial charge in [0.1, 0.15) is 19.3 Å². The van der Waals surface area contributed by atoms with Crippen molar-refractivity contribution in [2.24, 2.45) is 0 Å². The first-order valence-electron chi connectivity index (χ1n) is 40.4. The molecule has 0 rings (SSSR count). The smallest absolute Gasteiger partial charge is 0.462 e. The lowest BCUT2D eigenvalue weighted by Gasteiger charge is -2.21. The number of unbranched alkanes of at least 4 members (excludes halogenated alkanes) is 27. The highest BCUT2D eigenvalue weighted by Crippen LogP contribution is 2.45. The maximum absolute atomic E-state index is 13.1. The molecule has 5 atom stereocenters. The number of aliphatic hydroxyl groups is 1. The second-order valence-electron chi connectivity index (χ2n) is 26.6. The highest BCUT2D eigenvalue weighted by molar-refractivity contribution is 7.47. The van der Waals surface area contributed by atoms with Crippen molar-refractivity contribution < 1.29 is 80.2 Å². The van der Waals surface area contributed by atoms with Crippen LogP contribution in [0.5, 0.6) is 0 Å². The van der Waals surface area contributed by atoms with Crippen molar-refractivity contribution in [2.45, 2.75) is 341 Å². The van der Waals surface area contributed by atoms with Crippen LogP contribution in [-0.4, -0.2) is 96.7 Å². The van der Waals surface area contributed by atoms with Crippen molar-refractivity contribution in [2.75, 3.05) is 39.6 Å². The molecule has 17 nitrogen and oxygen atoms in total. The molecular weight excluding hydrogens is 1350 g/mol. The summed E-state index contributed by atoms with van der Waals surface area (Å²) in [5, 5.41) is 10.6. The molecule has 5 unspecified atom stereocenters. The van der Waals surface area contributed by atoms with Gasteiger partial charge in [-0.2, -0.15) is 0 Å². The normalized spacial score (nSPS) is 14.6. The van der Waals surface area contributed by atoms with Gasteiger partial charge in [-0.05, 0) is 161 Å². The summed E-state index contributed by atoms with van der Waals surface area (Å²) in [6, 6.07) is 0. The fraction of sp³-hybridized carbons (Fsp3) is 0.694. The van der Waals surface area contributed by atoms with Crippen molar-refractivity contribution in [1.29, 1.82) is 0 Å². The zero-order valence-electron chi connectivity index (χ0n) is 65.2. The van der Waals surface area contributed by atoms with Crippen molar-refractivity contribution in [1.82, 2.24) is 0 Å². The molecular formula is C85H144O17P2. The van der Waals surface area contributed by atoms with E-state index >= 15 is 0 Å². The van der Waals surface area contributed by atoms with E-state index in [4.69, 9.17) is 37.0 Å². The van der Waals surface area contributed by atoms with Crippen LogP contribution < -0.4 is 0 Å². The van der Waals surface area contributed by atoms with Crippen molar-refractivity contribution >= 4 is 39.5 Å². The van der Waals surface area contributed by atoms with Crippen LogP contribution >= 0.6 is 15.6 Å². The van der Waals surface area contributed by atoms with Gasteiger partial charge >= 0.3 is 39.5 Å². The largest absolute Gasteiger partial charge is 0.472 e. The Labute approximate surface area is 631 Å². The van der Waals surface area contributed by atoms with Crippen molar-refractivity contribution in [3.05, 3.63) is 134 Å². The van der Waals surface area contributed by atoms with Gasteiger partial charge in [0.25, 0.3) is 0 Å². The fourth-order valence-corrected chi connectivity index (χ4v) is 11.9. The summed E-state index contributed by atoms with van der Waals surface area (Å²) in [7, 11) is -10.0. The van der Waals surface area contributed by atoms with Crippen molar-refractivity contribution in [3.63, 3.8) is 0 Å². The van der Waals surface area contributed by atoms with Crippen LogP contribution in [0, 0.1) is 0 Å². The van der Waals surface area contributed by atoms with Gasteiger partial charge in [-0.3, -0.25) is 37.3 Å². The monoisotopic (exact) mass is 1500 g/mol. The summed E-state index contributed by atoms with van der Waals surface area (Å²) in [5.41, 5.74) is 0. The predicted octanol–water partition coefficient (Wildman–Crippen LogP) is 23.7. The SMILES string of the molecule is CCCCCC=CCC=CCC=CCC=CCCCC(=O)OCC(COP(=O)(O)OCC(O)COP(=O)(O)OCC(COC(=O)CCCCCCCC=CCC=CCCCCC)OC(=O)CCCCCCCC=CCC=CCCCCC)OC(=O)CCCC=CCC=CCC=CCCCCCCCC. The molecule has 0 aliphatic rings. The number of carbonyl (C=O) groups excluding carboxylic acids is 4. The maximum atomic E-state index is 13.1. The van der Waals surface area contributed by atoms with Gasteiger partial charge in [0, 0.05) is 25.7 Å². The Hall–Kier alpha value is -4.80. The number of ether oxygens (including phenoxy) is 4. The van der Waals surface area contributed by atoms with Crippen LogP contribution in [0.15, 0.2) is 134 Å². The summed E-state index contributed by atoms with van der Waals surface area (Å²) in [4.78, 5) is 73.0. The molecule has 0 bridgehead atoms. The van der Waals surface area contributed by atoms with Gasteiger partial charge in [0.15, 0.2) is 12.2 Å².